The van der Waals surface area contributed by atoms with Gasteiger partial charge in [-0.3, -0.25) is 19.2 Å². The SMILES string of the molecule is CCc1nn(C)c(CN2C(=O)CC(C)(C)C2=O)c1Br. The van der Waals surface area contributed by atoms with Crippen LogP contribution in [0.3, 0.4) is 0 Å². The summed E-state index contributed by atoms with van der Waals surface area (Å²) in [6.07, 6.45) is 1.09. The second-order valence-electron chi connectivity index (χ2n) is 5.53. The fourth-order valence-electron chi connectivity index (χ4n) is 2.33. The summed E-state index contributed by atoms with van der Waals surface area (Å²) in [6.45, 7) is 5.92. The zero-order valence-corrected chi connectivity index (χ0v) is 13.2. The molecule has 0 radical (unpaired) electrons. The molecule has 1 saturated heterocycles. The molecular weight excluding hydrogens is 310 g/mol. The largest absolute Gasteiger partial charge is 0.276 e. The maximum atomic E-state index is 12.2. The number of imide groups is 1. The van der Waals surface area contributed by atoms with Gasteiger partial charge in [-0.25, -0.2) is 0 Å². The Balaban J connectivity index is 2.30. The first-order valence-electron chi connectivity index (χ1n) is 6.33. The van der Waals surface area contributed by atoms with Crippen LogP contribution in [0.1, 0.15) is 38.6 Å². The van der Waals surface area contributed by atoms with Crippen LogP contribution in [-0.2, 0) is 29.6 Å². The van der Waals surface area contributed by atoms with Gasteiger partial charge in [0.05, 0.1) is 27.8 Å². The van der Waals surface area contributed by atoms with E-state index in [1.165, 1.54) is 4.90 Å². The van der Waals surface area contributed by atoms with Gasteiger partial charge in [0.25, 0.3) is 0 Å². The zero-order valence-electron chi connectivity index (χ0n) is 11.7. The van der Waals surface area contributed by atoms with Crippen molar-refractivity contribution < 1.29 is 9.59 Å². The normalized spacial score (nSPS) is 18.5. The van der Waals surface area contributed by atoms with E-state index in [0.717, 1.165) is 22.3 Å². The summed E-state index contributed by atoms with van der Waals surface area (Å²) in [7, 11) is 1.83. The van der Waals surface area contributed by atoms with Crippen LogP contribution < -0.4 is 0 Å². The number of aromatic nitrogens is 2. The average molecular weight is 328 g/mol. The molecule has 0 aromatic carbocycles. The molecule has 0 bridgehead atoms. The lowest BCUT2D eigenvalue weighted by Crippen LogP contribution is -2.33. The van der Waals surface area contributed by atoms with Crippen LogP contribution in [-0.4, -0.2) is 26.5 Å². The Bertz CT molecular complexity index is 548. The number of likely N-dealkylation sites (tertiary alicyclic amines) is 1. The van der Waals surface area contributed by atoms with Gasteiger partial charge in [0.2, 0.25) is 11.8 Å². The minimum atomic E-state index is -0.588. The van der Waals surface area contributed by atoms with Gasteiger partial charge in [-0.2, -0.15) is 5.10 Å². The van der Waals surface area contributed by atoms with E-state index >= 15 is 0 Å². The minimum Gasteiger partial charge on any atom is -0.276 e. The molecule has 19 heavy (non-hydrogen) atoms. The molecule has 0 atom stereocenters. The number of amides is 2. The standard InChI is InChI=1S/C13H18BrN3O2/c1-5-8-11(14)9(16(4)15-8)7-17-10(18)6-13(2,3)12(17)19/h5-7H2,1-4H3. The summed E-state index contributed by atoms with van der Waals surface area (Å²) < 4.78 is 2.62. The van der Waals surface area contributed by atoms with Gasteiger partial charge in [0, 0.05) is 13.5 Å². The Morgan fingerprint density at radius 1 is 1.37 bits per heavy atom. The molecule has 1 aromatic rings. The van der Waals surface area contributed by atoms with Gasteiger partial charge in [0.15, 0.2) is 0 Å². The van der Waals surface area contributed by atoms with Crippen molar-refractivity contribution in [3.05, 3.63) is 15.9 Å². The summed E-state index contributed by atoms with van der Waals surface area (Å²) in [5, 5.41) is 4.38. The topological polar surface area (TPSA) is 55.2 Å². The Kier molecular flexibility index (Phi) is 3.55. The van der Waals surface area contributed by atoms with E-state index in [1.54, 1.807) is 4.68 Å². The molecule has 0 saturated carbocycles. The molecule has 0 N–H and O–H groups in total. The van der Waals surface area contributed by atoms with Gasteiger partial charge in [-0.15, -0.1) is 0 Å². The molecule has 0 aliphatic carbocycles. The lowest BCUT2D eigenvalue weighted by Gasteiger charge is -2.18. The first-order valence-corrected chi connectivity index (χ1v) is 7.12. The Labute approximate surface area is 121 Å². The van der Waals surface area contributed by atoms with Gasteiger partial charge >= 0.3 is 0 Å². The highest BCUT2D eigenvalue weighted by Crippen LogP contribution is 2.33. The quantitative estimate of drug-likeness (QED) is 0.798. The monoisotopic (exact) mass is 327 g/mol. The fraction of sp³-hybridized carbons (Fsp3) is 0.615. The number of carbonyl (C=O) groups excluding carboxylic acids is 2. The smallest absolute Gasteiger partial charge is 0.235 e. The molecule has 6 heteroatoms. The molecule has 2 rings (SSSR count). The molecule has 1 aromatic heterocycles. The minimum absolute atomic E-state index is 0.108. The number of aryl methyl sites for hydroxylation is 2. The number of rotatable bonds is 3. The third kappa shape index (κ3) is 2.33. The van der Waals surface area contributed by atoms with Gasteiger partial charge in [-0.05, 0) is 22.4 Å². The summed E-state index contributed by atoms with van der Waals surface area (Å²) in [5.74, 6) is -0.218. The molecule has 2 amide bonds. The van der Waals surface area contributed by atoms with Crippen molar-refractivity contribution in [2.45, 2.75) is 40.2 Å². The number of nitrogens with zero attached hydrogens (tertiary/aromatic N) is 3. The van der Waals surface area contributed by atoms with Crippen molar-refractivity contribution >= 4 is 27.7 Å². The number of carbonyl (C=O) groups is 2. The van der Waals surface area contributed by atoms with Crippen LogP contribution in [0.25, 0.3) is 0 Å². The first kappa shape index (κ1) is 14.2. The van der Waals surface area contributed by atoms with Crippen molar-refractivity contribution in [1.82, 2.24) is 14.7 Å². The van der Waals surface area contributed by atoms with Gasteiger partial charge in [0.1, 0.15) is 0 Å². The predicted molar refractivity (Wildman–Crippen MR) is 74.2 cm³/mol. The van der Waals surface area contributed by atoms with Crippen molar-refractivity contribution in [3.63, 3.8) is 0 Å². The van der Waals surface area contributed by atoms with E-state index in [2.05, 4.69) is 21.0 Å². The van der Waals surface area contributed by atoms with E-state index < -0.39 is 5.41 Å². The van der Waals surface area contributed by atoms with Crippen molar-refractivity contribution in [3.8, 4) is 0 Å². The van der Waals surface area contributed by atoms with Crippen LogP contribution >= 0.6 is 15.9 Å². The Morgan fingerprint density at radius 2 is 2.00 bits per heavy atom. The molecule has 0 spiro atoms. The number of halogens is 1. The molecule has 1 fully saturated rings. The van der Waals surface area contributed by atoms with Crippen LogP contribution in [0, 0.1) is 5.41 Å². The third-order valence-electron chi connectivity index (χ3n) is 3.53. The summed E-state index contributed by atoms with van der Waals surface area (Å²) in [4.78, 5) is 25.5. The summed E-state index contributed by atoms with van der Waals surface area (Å²) in [6, 6.07) is 0. The highest BCUT2D eigenvalue weighted by molar-refractivity contribution is 9.10. The highest BCUT2D eigenvalue weighted by atomic mass is 79.9. The van der Waals surface area contributed by atoms with E-state index in [1.807, 2.05) is 27.8 Å². The Hall–Kier alpha value is -1.17. The lowest BCUT2D eigenvalue weighted by atomic mass is 9.92. The van der Waals surface area contributed by atoms with E-state index in [-0.39, 0.29) is 24.8 Å². The van der Waals surface area contributed by atoms with E-state index in [9.17, 15) is 9.59 Å². The van der Waals surface area contributed by atoms with Gasteiger partial charge in [-0.1, -0.05) is 20.8 Å². The summed E-state index contributed by atoms with van der Waals surface area (Å²) >= 11 is 3.51. The molecule has 5 nitrogen and oxygen atoms in total. The van der Waals surface area contributed by atoms with Crippen LogP contribution in [0.5, 0.6) is 0 Å². The predicted octanol–water partition coefficient (Wildman–Crippen LogP) is 2.03. The molecule has 0 unspecified atom stereocenters. The zero-order chi connectivity index (χ0) is 14.4. The lowest BCUT2D eigenvalue weighted by molar-refractivity contribution is -0.141. The fourth-order valence-corrected chi connectivity index (χ4v) is 3.07. The molecule has 1 aliphatic rings. The molecule has 2 heterocycles. The van der Waals surface area contributed by atoms with Gasteiger partial charge < -0.3 is 0 Å². The van der Waals surface area contributed by atoms with E-state index in [4.69, 9.17) is 0 Å². The van der Waals surface area contributed by atoms with Crippen molar-refractivity contribution in [1.29, 1.82) is 0 Å². The van der Waals surface area contributed by atoms with E-state index in [0.29, 0.717) is 0 Å². The number of hydrogen-bond acceptors (Lipinski definition) is 3. The van der Waals surface area contributed by atoms with Crippen LogP contribution in [0.15, 0.2) is 4.47 Å². The molecule has 104 valence electrons. The average Bonchev–Trinajstić information content (AvgIpc) is 2.69. The first-order chi connectivity index (χ1) is 8.77. The second-order valence-corrected chi connectivity index (χ2v) is 6.32. The summed E-state index contributed by atoms with van der Waals surface area (Å²) in [5.41, 5.74) is 1.21. The van der Waals surface area contributed by atoms with Crippen molar-refractivity contribution in [2.24, 2.45) is 12.5 Å². The third-order valence-corrected chi connectivity index (χ3v) is 4.44. The maximum Gasteiger partial charge on any atom is 0.235 e. The molecular formula is C13H18BrN3O2. The second kappa shape index (κ2) is 4.74. The highest BCUT2D eigenvalue weighted by Gasteiger charge is 2.45. The van der Waals surface area contributed by atoms with Crippen molar-refractivity contribution in [2.75, 3.05) is 0 Å². The van der Waals surface area contributed by atoms with Crippen LogP contribution in [0.4, 0.5) is 0 Å². The maximum absolute atomic E-state index is 12.2. The van der Waals surface area contributed by atoms with Crippen LogP contribution in [0.2, 0.25) is 0 Å². The number of hydrogen-bond donors (Lipinski definition) is 0. The molecule has 1 aliphatic heterocycles. The Morgan fingerprint density at radius 3 is 2.42 bits per heavy atom.